The molecule has 1 aromatic carbocycles. The Bertz CT molecular complexity index is 969. The molecule has 1 aliphatic rings. The van der Waals surface area contributed by atoms with Gasteiger partial charge in [-0.25, -0.2) is 8.89 Å². The molecule has 7 nitrogen and oxygen atoms in total. The normalized spacial score (nSPS) is 17.8. The molecule has 0 saturated carbocycles. The first-order valence-corrected chi connectivity index (χ1v) is 7.69. The van der Waals surface area contributed by atoms with Gasteiger partial charge < -0.3 is 0 Å². The lowest BCUT2D eigenvalue weighted by molar-refractivity contribution is -0.114. The van der Waals surface area contributed by atoms with Gasteiger partial charge in [-0.15, -0.1) is 0 Å². The molecule has 1 aliphatic heterocycles. The van der Waals surface area contributed by atoms with Crippen LogP contribution < -0.4 is 4.72 Å². The van der Waals surface area contributed by atoms with Crippen molar-refractivity contribution in [3.05, 3.63) is 42.9 Å². The van der Waals surface area contributed by atoms with Crippen LogP contribution in [-0.4, -0.2) is 29.7 Å². The molecule has 0 bridgehead atoms. The van der Waals surface area contributed by atoms with Gasteiger partial charge in [0.2, 0.25) is 0 Å². The standard InChI is InChI=1S/C14H11N5O2S/c1-18-12-4-2-3-10(11(12)7-15-18)9-6-16-19(8-9)14-5-13(20)17-22(14)21/h2-8H,1H3,(H,17,20). The molecule has 2 aromatic heterocycles. The zero-order chi connectivity index (χ0) is 15.3. The Morgan fingerprint density at radius 3 is 2.86 bits per heavy atom. The minimum absolute atomic E-state index is 0.328. The van der Waals surface area contributed by atoms with Crippen molar-refractivity contribution in [2.45, 2.75) is 0 Å². The molecule has 3 aromatic rings. The van der Waals surface area contributed by atoms with Gasteiger partial charge in [-0.3, -0.25) is 14.2 Å². The third kappa shape index (κ3) is 1.88. The number of amides is 1. The first kappa shape index (κ1) is 13.0. The van der Waals surface area contributed by atoms with E-state index in [0.717, 1.165) is 22.0 Å². The number of hydrogen-bond acceptors (Lipinski definition) is 4. The Morgan fingerprint density at radius 2 is 2.09 bits per heavy atom. The Morgan fingerprint density at radius 1 is 1.23 bits per heavy atom. The van der Waals surface area contributed by atoms with Gasteiger partial charge >= 0.3 is 0 Å². The zero-order valence-corrected chi connectivity index (χ0v) is 12.4. The maximum Gasteiger partial charge on any atom is 0.258 e. The van der Waals surface area contributed by atoms with Crippen LogP contribution in [0.2, 0.25) is 0 Å². The second kappa shape index (κ2) is 4.63. The lowest BCUT2D eigenvalue weighted by Gasteiger charge is -2.01. The van der Waals surface area contributed by atoms with E-state index in [1.165, 1.54) is 10.8 Å². The number of benzene rings is 1. The van der Waals surface area contributed by atoms with Crippen molar-refractivity contribution in [1.29, 1.82) is 0 Å². The fourth-order valence-electron chi connectivity index (χ4n) is 2.50. The van der Waals surface area contributed by atoms with E-state index >= 15 is 0 Å². The van der Waals surface area contributed by atoms with Gasteiger partial charge in [0.05, 0.1) is 17.9 Å². The van der Waals surface area contributed by atoms with Crippen LogP contribution in [-0.2, 0) is 22.8 Å². The maximum atomic E-state index is 11.8. The van der Waals surface area contributed by atoms with Gasteiger partial charge in [-0.1, -0.05) is 12.1 Å². The number of nitrogens with one attached hydrogen (secondary N) is 1. The smallest absolute Gasteiger partial charge is 0.258 e. The summed E-state index contributed by atoms with van der Waals surface area (Å²) in [7, 11) is 0.326. The number of fused-ring (bicyclic) bond motifs is 1. The van der Waals surface area contributed by atoms with E-state index in [-0.39, 0.29) is 5.91 Å². The second-order valence-electron chi connectivity index (χ2n) is 4.90. The third-order valence-electron chi connectivity index (χ3n) is 3.55. The Hall–Kier alpha value is -2.74. The minimum atomic E-state index is -1.56. The minimum Gasteiger partial charge on any atom is -0.269 e. The van der Waals surface area contributed by atoms with E-state index in [1.54, 1.807) is 23.3 Å². The monoisotopic (exact) mass is 313 g/mol. The molecular formula is C14H11N5O2S. The van der Waals surface area contributed by atoms with E-state index in [9.17, 15) is 9.00 Å². The second-order valence-corrected chi connectivity index (χ2v) is 6.06. The van der Waals surface area contributed by atoms with Crippen molar-refractivity contribution < 1.29 is 9.00 Å². The molecule has 1 N–H and O–H groups in total. The highest BCUT2D eigenvalue weighted by Crippen LogP contribution is 2.28. The summed E-state index contributed by atoms with van der Waals surface area (Å²) in [6.45, 7) is 0. The quantitative estimate of drug-likeness (QED) is 0.766. The Kier molecular flexibility index (Phi) is 2.73. The van der Waals surface area contributed by atoms with Crippen molar-refractivity contribution in [2.24, 2.45) is 7.05 Å². The van der Waals surface area contributed by atoms with Gasteiger partial charge in [-0.05, 0) is 11.6 Å². The van der Waals surface area contributed by atoms with Crippen LogP contribution in [0, 0.1) is 0 Å². The van der Waals surface area contributed by atoms with Crippen LogP contribution in [0.15, 0.2) is 42.9 Å². The highest BCUT2D eigenvalue weighted by Gasteiger charge is 2.22. The number of nitrogens with zero attached hydrogens (tertiary/aromatic N) is 4. The number of hydrogen-bond donors (Lipinski definition) is 1. The summed E-state index contributed by atoms with van der Waals surface area (Å²) in [4.78, 5) is 11.3. The predicted molar refractivity (Wildman–Crippen MR) is 82.5 cm³/mol. The number of carbonyl (C=O) groups excluding carboxylic acids is 1. The van der Waals surface area contributed by atoms with E-state index in [1.807, 2.05) is 25.2 Å². The van der Waals surface area contributed by atoms with Crippen molar-refractivity contribution in [3.8, 4) is 11.1 Å². The molecule has 0 saturated heterocycles. The van der Waals surface area contributed by atoms with E-state index in [2.05, 4.69) is 14.9 Å². The largest absolute Gasteiger partial charge is 0.269 e. The molecular weight excluding hydrogens is 302 g/mol. The fraction of sp³-hybridized carbons (Fsp3) is 0.0714. The van der Waals surface area contributed by atoms with E-state index < -0.39 is 11.0 Å². The molecule has 4 rings (SSSR count). The van der Waals surface area contributed by atoms with E-state index in [4.69, 9.17) is 0 Å². The molecule has 8 heteroatoms. The molecule has 22 heavy (non-hydrogen) atoms. The zero-order valence-electron chi connectivity index (χ0n) is 11.6. The number of rotatable bonds is 2. The lowest BCUT2D eigenvalue weighted by Crippen LogP contribution is -2.17. The van der Waals surface area contributed by atoms with Crippen molar-refractivity contribution in [2.75, 3.05) is 0 Å². The van der Waals surface area contributed by atoms with Gasteiger partial charge in [0.25, 0.3) is 5.91 Å². The predicted octanol–water partition coefficient (Wildman–Crippen LogP) is 1.03. The van der Waals surface area contributed by atoms with Crippen molar-refractivity contribution in [3.63, 3.8) is 0 Å². The van der Waals surface area contributed by atoms with Gasteiger partial charge in [-0.2, -0.15) is 10.2 Å². The summed E-state index contributed by atoms with van der Waals surface area (Å²) in [6, 6.07) is 5.93. The molecule has 3 heterocycles. The fourth-order valence-corrected chi connectivity index (χ4v) is 3.33. The molecule has 110 valence electrons. The summed E-state index contributed by atoms with van der Waals surface area (Å²) in [5.41, 5.74) is 2.88. The molecule has 0 radical (unpaired) electrons. The maximum absolute atomic E-state index is 11.8. The number of aryl methyl sites for hydroxylation is 1. The van der Waals surface area contributed by atoms with Gasteiger partial charge in [0.1, 0.15) is 0 Å². The van der Waals surface area contributed by atoms with Gasteiger partial charge in [0, 0.05) is 30.3 Å². The average molecular weight is 313 g/mol. The Labute approximate surface area is 127 Å². The third-order valence-corrected chi connectivity index (χ3v) is 4.62. The number of carbonyl (C=O) groups is 1. The van der Waals surface area contributed by atoms with Crippen molar-refractivity contribution >= 4 is 32.8 Å². The topological polar surface area (TPSA) is 81.8 Å². The summed E-state index contributed by atoms with van der Waals surface area (Å²) in [6.07, 6.45) is 6.53. The SMILES string of the molecule is Cn1ncc2c(-c3cnn(C4=CC(=O)NS4=O)c3)cccc21. The van der Waals surface area contributed by atoms with Crippen molar-refractivity contribution in [1.82, 2.24) is 24.3 Å². The van der Waals surface area contributed by atoms with Crippen LogP contribution >= 0.6 is 0 Å². The highest BCUT2D eigenvalue weighted by atomic mass is 32.2. The van der Waals surface area contributed by atoms with Crippen LogP contribution in [0.3, 0.4) is 0 Å². The van der Waals surface area contributed by atoms with E-state index in [0.29, 0.717) is 5.03 Å². The average Bonchev–Trinajstić information content (AvgIpc) is 3.19. The highest BCUT2D eigenvalue weighted by molar-refractivity contribution is 7.93. The molecule has 0 spiro atoms. The van der Waals surface area contributed by atoms with Crippen LogP contribution in [0.4, 0.5) is 0 Å². The summed E-state index contributed by atoms with van der Waals surface area (Å²) >= 11 is 0. The molecule has 1 amide bonds. The first-order chi connectivity index (χ1) is 10.6. The van der Waals surface area contributed by atoms with Crippen LogP contribution in [0.25, 0.3) is 27.1 Å². The molecule has 0 fully saturated rings. The summed E-state index contributed by atoms with van der Waals surface area (Å²) in [5, 5.41) is 9.81. The lowest BCUT2D eigenvalue weighted by atomic mass is 10.1. The summed E-state index contributed by atoms with van der Waals surface area (Å²) < 4.78 is 17.4. The molecule has 1 atom stereocenters. The Balaban J connectivity index is 1.83. The van der Waals surface area contributed by atoms with Crippen LogP contribution in [0.5, 0.6) is 0 Å². The van der Waals surface area contributed by atoms with Gasteiger partial charge in [0.15, 0.2) is 16.0 Å². The number of aromatic nitrogens is 4. The molecule has 1 unspecified atom stereocenters. The summed E-state index contributed by atoms with van der Waals surface area (Å²) in [5.74, 6) is -0.375. The van der Waals surface area contributed by atoms with Crippen LogP contribution in [0.1, 0.15) is 0 Å². The molecule has 0 aliphatic carbocycles. The first-order valence-electron chi connectivity index (χ1n) is 6.54.